The van der Waals surface area contributed by atoms with Crippen molar-refractivity contribution < 1.29 is 19.6 Å². The van der Waals surface area contributed by atoms with E-state index in [2.05, 4.69) is 38.7 Å². The molecule has 8 heteroatoms. The molecule has 1 heterocycles. The molecule has 0 spiro atoms. The first-order valence-electron chi connectivity index (χ1n) is 14.8. The maximum atomic E-state index is 14.3. The number of hydroxylamine groups is 4. The monoisotopic (exact) mass is 599 g/mol. The van der Waals surface area contributed by atoms with Crippen LogP contribution in [0.4, 0.5) is 0 Å². The first kappa shape index (κ1) is 32.7. The molecular weight excluding hydrogens is 554 g/mol. The summed E-state index contributed by atoms with van der Waals surface area (Å²) in [4.78, 5) is 10.7. The molecule has 7 nitrogen and oxygen atoms in total. The smallest absolute Gasteiger partial charge is 0.250 e. The fourth-order valence-corrected chi connectivity index (χ4v) is 6.06. The van der Waals surface area contributed by atoms with E-state index in [-0.39, 0.29) is 5.04 Å². The lowest BCUT2D eigenvalue weighted by atomic mass is 9.95. The van der Waals surface area contributed by atoms with Crippen molar-refractivity contribution in [3.05, 3.63) is 94.5 Å². The van der Waals surface area contributed by atoms with Crippen LogP contribution in [0.2, 0.25) is 18.1 Å². The quantitative estimate of drug-likeness (QED) is 0.123. The third kappa shape index (κ3) is 6.10. The van der Waals surface area contributed by atoms with E-state index >= 15 is 0 Å². The summed E-state index contributed by atoms with van der Waals surface area (Å²) in [5.41, 5.74) is 2.11. The molecule has 2 aliphatic carbocycles. The number of hydrogen-bond acceptors (Lipinski definition) is 5. The lowest BCUT2D eigenvalue weighted by Crippen LogP contribution is -2.47. The van der Waals surface area contributed by atoms with E-state index in [0.717, 1.165) is 11.1 Å². The van der Waals surface area contributed by atoms with Crippen LogP contribution in [0.15, 0.2) is 66.4 Å². The Morgan fingerprint density at radius 3 is 1.95 bits per heavy atom. The zero-order valence-electron chi connectivity index (χ0n) is 27.4. The molecule has 0 amide bonds. The van der Waals surface area contributed by atoms with Gasteiger partial charge in [0.2, 0.25) is 5.70 Å². The Labute approximate surface area is 258 Å². The van der Waals surface area contributed by atoms with Gasteiger partial charge in [0.15, 0.2) is 5.76 Å². The number of benzene rings is 1. The lowest BCUT2D eigenvalue weighted by Gasteiger charge is -2.42. The van der Waals surface area contributed by atoms with Crippen molar-refractivity contribution in [2.24, 2.45) is 0 Å². The van der Waals surface area contributed by atoms with Gasteiger partial charge in [-0.15, -0.1) is 10.3 Å². The molecule has 3 aliphatic rings. The zero-order chi connectivity index (χ0) is 32.1. The van der Waals surface area contributed by atoms with Gasteiger partial charge in [-0.3, -0.25) is 0 Å². The van der Waals surface area contributed by atoms with Gasteiger partial charge in [0.1, 0.15) is 11.8 Å². The van der Waals surface area contributed by atoms with E-state index < -0.39 is 31.7 Å². The van der Waals surface area contributed by atoms with Gasteiger partial charge in [-0.05, 0) is 77.0 Å². The van der Waals surface area contributed by atoms with Gasteiger partial charge in [0.25, 0.3) is 8.32 Å². The van der Waals surface area contributed by atoms with Crippen LogP contribution in [0.1, 0.15) is 91.3 Å². The van der Waals surface area contributed by atoms with Gasteiger partial charge in [-0.25, -0.2) is 4.85 Å². The average Bonchev–Trinajstić information content (AvgIpc) is 3.31. The van der Waals surface area contributed by atoms with Gasteiger partial charge in [0.05, 0.1) is 6.57 Å². The Morgan fingerprint density at radius 2 is 1.47 bits per heavy atom. The molecule has 0 aromatic heterocycles. The van der Waals surface area contributed by atoms with E-state index in [0.29, 0.717) is 39.0 Å². The van der Waals surface area contributed by atoms with Crippen LogP contribution < -0.4 is 9.53 Å². The van der Waals surface area contributed by atoms with Gasteiger partial charge in [-0.2, -0.15) is 5.06 Å². The van der Waals surface area contributed by atoms with Crippen molar-refractivity contribution in [1.82, 2.24) is 10.1 Å². The Hall–Kier alpha value is -3.19. The van der Waals surface area contributed by atoms with E-state index in [1.807, 2.05) is 86.5 Å². The van der Waals surface area contributed by atoms with Crippen LogP contribution in [-0.2, 0) is 10.0 Å². The molecule has 2 atom stereocenters. The Morgan fingerprint density at radius 1 is 0.930 bits per heavy atom. The lowest BCUT2D eigenvalue weighted by molar-refractivity contribution is -0.521. The third-order valence-electron chi connectivity index (χ3n) is 8.40. The molecule has 0 N–H and O–H groups in total. The van der Waals surface area contributed by atoms with Crippen molar-refractivity contribution in [2.45, 2.75) is 104 Å². The normalized spacial score (nSPS) is 17.7. The minimum absolute atomic E-state index is 0.196. The Balaban J connectivity index is 2.16. The van der Waals surface area contributed by atoms with Gasteiger partial charge >= 0.3 is 0 Å². The van der Waals surface area contributed by atoms with Gasteiger partial charge < -0.3 is 14.4 Å². The number of rotatable bonds is 6. The number of hydrogen-bond donors (Lipinski definition) is 0. The molecule has 0 bridgehead atoms. The van der Waals surface area contributed by atoms with Crippen molar-refractivity contribution in [2.75, 3.05) is 0 Å². The fourth-order valence-electron chi connectivity index (χ4n) is 5.02. The van der Waals surface area contributed by atoms with Crippen LogP contribution >= 0.6 is 0 Å². The van der Waals surface area contributed by atoms with E-state index in [4.69, 9.17) is 15.8 Å². The molecule has 1 aromatic rings. The summed E-state index contributed by atoms with van der Waals surface area (Å²) >= 11 is 0. The van der Waals surface area contributed by atoms with Crippen molar-refractivity contribution in [1.29, 1.82) is 0 Å². The molecule has 2 unspecified atom stereocenters. The Kier molecular flexibility index (Phi) is 8.66. The second kappa shape index (κ2) is 11.4. The molecule has 0 fully saturated rings. The van der Waals surface area contributed by atoms with Gasteiger partial charge in [-0.1, -0.05) is 81.4 Å². The summed E-state index contributed by atoms with van der Waals surface area (Å²) < 4.78 is 7.10. The summed E-state index contributed by atoms with van der Waals surface area (Å²) in [7, 11) is -2.56. The highest BCUT2D eigenvalue weighted by atomic mass is 28.4. The summed E-state index contributed by atoms with van der Waals surface area (Å²) in [5.74, 6) is 0.875. The highest BCUT2D eigenvalue weighted by molar-refractivity contribution is 6.74. The average molecular weight is 600 g/mol. The molecule has 0 saturated carbocycles. The number of nitrogens with zero attached hydrogens (tertiary/aromatic N) is 3. The predicted molar refractivity (Wildman–Crippen MR) is 171 cm³/mol. The van der Waals surface area contributed by atoms with Crippen LogP contribution in [0.5, 0.6) is 5.75 Å². The molecule has 1 aliphatic heterocycles. The summed E-state index contributed by atoms with van der Waals surface area (Å²) in [6.45, 7) is 30.4. The SMILES string of the molecule is [C-]#[N+]C1=C(c2ccccc2)ON(C(C)(C)C)C1c1c2cccccc-2c(C([O-])N([O])C(C)(C)C)c1O[Si](C)(C)C(C)(C)C. The van der Waals surface area contributed by atoms with Gasteiger partial charge in [0, 0.05) is 27.8 Å². The maximum Gasteiger partial charge on any atom is 0.250 e. The highest BCUT2D eigenvalue weighted by Gasteiger charge is 2.49. The topological polar surface area (TPSA) is 72.3 Å². The third-order valence-corrected chi connectivity index (χ3v) is 12.7. The van der Waals surface area contributed by atoms with Crippen LogP contribution in [0.3, 0.4) is 0 Å². The molecule has 43 heavy (non-hydrogen) atoms. The Bertz CT molecular complexity index is 1510. The van der Waals surface area contributed by atoms with Crippen molar-refractivity contribution in [3.8, 4) is 16.9 Å². The molecule has 4 rings (SSSR count). The van der Waals surface area contributed by atoms with Crippen LogP contribution in [0.25, 0.3) is 21.7 Å². The molecule has 1 radical (unpaired) electrons. The number of fused-ring (bicyclic) bond motifs is 1. The van der Waals surface area contributed by atoms with Crippen molar-refractivity contribution >= 4 is 14.1 Å². The minimum atomic E-state index is -2.56. The summed E-state index contributed by atoms with van der Waals surface area (Å²) in [6.07, 6.45) is -1.75. The highest BCUT2D eigenvalue weighted by Crippen LogP contribution is 2.57. The first-order chi connectivity index (χ1) is 19.8. The van der Waals surface area contributed by atoms with Crippen LogP contribution in [-0.4, -0.2) is 29.5 Å². The zero-order valence-corrected chi connectivity index (χ0v) is 28.4. The molecule has 1 aromatic carbocycles. The van der Waals surface area contributed by atoms with Crippen LogP contribution in [0, 0.1) is 6.57 Å². The summed E-state index contributed by atoms with van der Waals surface area (Å²) in [5, 5.41) is 30.2. The minimum Gasteiger partial charge on any atom is -0.835 e. The van der Waals surface area contributed by atoms with E-state index in [1.54, 1.807) is 20.8 Å². The van der Waals surface area contributed by atoms with Crippen molar-refractivity contribution in [3.63, 3.8) is 0 Å². The first-order valence-corrected chi connectivity index (χ1v) is 17.7. The standard InChI is InChI=1S/C35H45N3O4Si/c1-33(2,3)37(40)32(39)27-25-22-18-14-17-21-24(25)26(31(27)42-43(11,12)35(7,8)9)29-28(36-10)30(23-19-15-13-16-20-23)41-38(29)34(4,5)6/h13-22,29,32H,1-9,11-12H3/q-1. The second-order valence-electron chi connectivity index (χ2n) is 14.8. The molecule has 0 saturated heterocycles. The summed E-state index contributed by atoms with van der Waals surface area (Å²) in [6, 6.07) is 18.5. The fraction of sp³-hybridized carbons (Fsp3) is 0.457. The van der Waals surface area contributed by atoms with E-state index in [9.17, 15) is 10.3 Å². The molecule has 229 valence electrons. The maximum absolute atomic E-state index is 14.3. The second-order valence-corrected chi connectivity index (χ2v) is 19.5. The largest absolute Gasteiger partial charge is 0.835 e. The van der Waals surface area contributed by atoms with E-state index in [1.165, 1.54) is 0 Å². The predicted octanol–water partition coefficient (Wildman–Crippen LogP) is 8.36. The molecular formula is C35H45N3O4Si-.